The SMILES string of the molecule is NC(=O)c1cccc(CNCC(=O)N2CCCc3ccccc32)c1. The highest BCUT2D eigenvalue weighted by atomic mass is 16.2. The summed E-state index contributed by atoms with van der Waals surface area (Å²) in [6.45, 7) is 1.53. The number of carbonyl (C=O) groups is 2. The number of aryl methyl sites for hydroxylation is 1. The molecule has 0 aliphatic carbocycles. The Balaban J connectivity index is 1.59. The van der Waals surface area contributed by atoms with Crippen LogP contribution in [0.25, 0.3) is 0 Å². The average molecular weight is 323 g/mol. The summed E-state index contributed by atoms with van der Waals surface area (Å²) in [7, 11) is 0. The topological polar surface area (TPSA) is 75.4 Å². The molecule has 0 saturated carbocycles. The van der Waals surface area contributed by atoms with E-state index in [1.54, 1.807) is 18.2 Å². The lowest BCUT2D eigenvalue weighted by Crippen LogP contribution is -2.41. The van der Waals surface area contributed by atoms with Gasteiger partial charge >= 0.3 is 0 Å². The van der Waals surface area contributed by atoms with Crippen LogP contribution in [0.2, 0.25) is 0 Å². The number of carbonyl (C=O) groups excluding carboxylic acids is 2. The van der Waals surface area contributed by atoms with E-state index in [1.807, 2.05) is 29.2 Å². The van der Waals surface area contributed by atoms with Gasteiger partial charge in [-0.15, -0.1) is 0 Å². The van der Waals surface area contributed by atoms with Gasteiger partial charge < -0.3 is 16.0 Å². The van der Waals surface area contributed by atoms with E-state index in [9.17, 15) is 9.59 Å². The van der Waals surface area contributed by atoms with E-state index in [0.29, 0.717) is 12.1 Å². The van der Waals surface area contributed by atoms with Gasteiger partial charge in [0.15, 0.2) is 0 Å². The highest BCUT2D eigenvalue weighted by molar-refractivity contribution is 5.96. The van der Waals surface area contributed by atoms with E-state index < -0.39 is 5.91 Å². The maximum Gasteiger partial charge on any atom is 0.248 e. The number of anilines is 1. The smallest absolute Gasteiger partial charge is 0.248 e. The number of nitrogens with one attached hydrogen (secondary N) is 1. The first-order valence-electron chi connectivity index (χ1n) is 8.13. The Kier molecular flexibility index (Phi) is 4.91. The molecule has 5 nitrogen and oxygen atoms in total. The van der Waals surface area contributed by atoms with Gasteiger partial charge in [-0.25, -0.2) is 0 Å². The second-order valence-electron chi connectivity index (χ2n) is 5.95. The van der Waals surface area contributed by atoms with Crippen molar-refractivity contribution in [3.8, 4) is 0 Å². The van der Waals surface area contributed by atoms with Crippen molar-refractivity contribution in [2.75, 3.05) is 18.0 Å². The van der Waals surface area contributed by atoms with Gasteiger partial charge in [-0.2, -0.15) is 0 Å². The Morgan fingerprint density at radius 3 is 2.79 bits per heavy atom. The van der Waals surface area contributed by atoms with Crippen molar-refractivity contribution < 1.29 is 9.59 Å². The second-order valence-corrected chi connectivity index (χ2v) is 5.95. The van der Waals surface area contributed by atoms with Gasteiger partial charge in [0.25, 0.3) is 0 Å². The Labute approximate surface area is 141 Å². The molecular weight excluding hydrogens is 302 g/mol. The fourth-order valence-electron chi connectivity index (χ4n) is 3.04. The molecular formula is C19H21N3O2. The number of fused-ring (bicyclic) bond motifs is 1. The standard InChI is InChI=1S/C19H21N3O2/c20-19(24)16-7-3-5-14(11-16)12-21-13-18(23)22-10-4-8-15-6-1-2-9-17(15)22/h1-3,5-7,9,11,21H,4,8,10,12-13H2,(H2,20,24). The number of nitrogens with two attached hydrogens (primary N) is 1. The summed E-state index contributed by atoms with van der Waals surface area (Å²) in [5.74, 6) is -0.383. The molecule has 0 spiro atoms. The first-order valence-corrected chi connectivity index (χ1v) is 8.13. The van der Waals surface area contributed by atoms with Gasteiger partial charge in [-0.05, 0) is 42.2 Å². The minimum Gasteiger partial charge on any atom is -0.366 e. The molecule has 3 N–H and O–H groups in total. The van der Waals surface area contributed by atoms with Crippen molar-refractivity contribution in [2.45, 2.75) is 19.4 Å². The number of primary amides is 1. The first-order chi connectivity index (χ1) is 11.6. The van der Waals surface area contributed by atoms with Crippen molar-refractivity contribution in [3.63, 3.8) is 0 Å². The van der Waals surface area contributed by atoms with Crippen molar-refractivity contribution >= 4 is 17.5 Å². The Hall–Kier alpha value is -2.66. The Morgan fingerprint density at radius 2 is 1.96 bits per heavy atom. The number of amides is 2. The van der Waals surface area contributed by atoms with Crippen molar-refractivity contribution in [1.82, 2.24) is 5.32 Å². The highest BCUT2D eigenvalue weighted by Gasteiger charge is 2.21. The molecule has 1 aliphatic heterocycles. The fraction of sp³-hybridized carbons (Fsp3) is 0.263. The van der Waals surface area contributed by atoms with E-state index in [2.05, 4.69) is 11.4 Å². The second kappa shape index (κ2) is 7.27. The molecule has 0 bridgehead atoms. The fourth-order valence-corrected chi connectivity index (χ4v) is 3.04. The summed E-state index contributed by atoms with van der Waals surface area (Å²) >= 11 is 0. The Bertz CT molecular complexity index is 758. The molecule has 1 heterocycles. The third-order valence-corrected chi connectivity index (χ3v) is 4.23. The van der Waals surface area contributed by atoms with Crippen LogP contribution in [-0.2, 0) is 17.8 Å². The zero-order chi connectivity index (χ0) is 16.9. The number of hydrogen-bond donors (Lipinski definition) is 2. The molecule has 0 atom stereocenters. The molecule has 3 rings (SSSR count). The van der Waals surface area contributed by atoms with E-state index >= 15 is 0 Å². The van der Waals surface area contributed by atoms with E-state index in [1.165, 1.54) is 5.56 Å². The maximum atomic E-state index is 12.5. The molecule has 124 valence electrons. The predicted molar refractivity (Wildman–Crippen MR) is 93.8 cm³/mol. The predicted octanol–water partition coefficient (Wildman–Crippen LogP) is 1.85. The lowest BCUT2D eigenvalue weighted by Gasteiger charge is -2.29. The summed E-state index contributed by atoms with van der Waals surface area (Å²) in [6.07, 6.45) is 2.01. The monoisotopic (exact) mass is 323 g/mol. The third kappa shape index (κ3) is 3.63. The first kappa shape index (κ1) is 16.2. The van der Waals surface area contributed by atoms with Crippen LogP contribution in [0.3, 0.4) is 0 Å². The van der Waals surface area contributed by atoms with Gasteiger partial charge in [-0.3, -0.25) is 9.59 Å². The van der Waals surface area contributed by atoms with Crippen molar-refractivity contribution in [2.24, 2.45) is 5.73 Å². The minimum atomic E-state index is -0.446. The number of rotatable bonds is 5. The molecule has 1 aliphatic rings. The van der Waals surface area contributed by atoms with Crippen molar-refractivity contribution in [1.29, 1.82) is 0 Å². The van der Waals surface area contributed by atoms with Crippen molar-refractivity contribution in [3.05, 3.63) is 65.2 Å². The normalized spacial score (nSPS) is 13.4. The van der Waals surface area contributed by atoms with Crippen LogP contribution >= 0.6 is 0 Å². The molecule has 2 amide bonds. The quantitative estimate of drug-likeness (QED) is 0.882. The van der Waals surface area contributed by atoms with E-state index in [-0.39, 0.29) is 12.5 Å². The summed E-state index contributed by atoms with van der Waals surface area (Å²) in [4.78, 5) is 25.6. The van der Waals surface area contributed by atoms with E-state index in [0.717, 1.165) is 30.6 Å². The largest absolute Gasteiger partial charge is 0.366 e. The van der Waals surface area contributed by atoms with Gasteiger partial charge in [-0.1, -0.05) is 30.3 Å². The van der Waals surface area contributed by atoms with Gasteiger partial charge in [0.2, 0.25) is 11.8 Å². The molecule has 2 aromatic carbocycles. The summed E-state index contributed by atoms with van der Waals surface area (Å²) in [5.41, 5.74) is 8.94. The van der Waals surface area contributed by atoms with Crippen LogP contribution in [0.4, 0.5) is 5.69 Å². The number of benzene rings is 2. The van der Waals surface area contributed by atoms with Crippen LogP contribution in [0, 0.1) is 0 Å². The van der Waals surface area contributed by atoms with Gasteiger partial charge in [0.05, 0.1) is 6.54 Å². The van der Waals surface area contributed by atoms with E-state index in [4.69, 9.17) is 5.73 Å². The van der Waals surface area contributed by atoms with Gasteiger partial charge in [0.1, 0.15) is 0 Å². The minimum absolute atomic E-state index is 0.0632. The number of nitrogens with zero attached hydrogens (tertiary/aromatic N) is 1. The lowest BCUT2D eigenvalue weighted by molar-refractivity contribution is -0.117. The molecule has 0 unspecified atom stereocenters. The van der Waals surface area contributed by atoms with Gasteiger partial charge in [0, 0.05) is 24.3 Å². The molecule has 24 heavy (non-hydrogen) atoms. The molecule has 0 aromatic heterocycles. The molecule has 2 aromatic rings. The highest BCUT2D eigenvalue weighted by Crippen LogP contribution is 2.26. The summed E-state index contributed by atoms with van der Waals surface area (Å²) < 4.78 is 0. The van der Waals surface area contributed by atoms with Crippen LogP contribution in [0.5, 0.6) is 0 Å². The van der Waals surface area contributed by atoms with Crippen LogP contribution < -0.4 is 16.0 Å². The van der Waals surface area contributed by atoms with Crippen LogP contribution in [0.15, 0.2) is 48.5 Å². The summed E-state index contributed by atoms with van der Waals surface area (Å²) in [5, 5.41) is 3.15. The lowest BCUT2D eigenvalue weighted by atomic mass is 10.0. The molecule has 5 heteroatoms. The molecule has 0 fully saturated rings. The maximum absolute atomic E-state index is 12.5. The zero-order valence-corrected chi connectivity index (χ0v) is 13.5. The average Bonchev–Trinajstić information content (AvgIpc) is 2.61. The summed E-state index contributed by atoms with van der Waals surface area (Å²) in [6, 6.07) is 15.2. The zero-order valence-electron chi connectivity index (χ0n) is 13.5. The molecule has 0 saturated heterocycles. The Morgan fingerprint density at radius 1 is 1.12 bits per heavy atom. The number of para-hydroxylation sites is 1. The van der Waals surface area contributed by atoms with Crippen LogP contribution in [0.1, 0.15) is 27.9 Å². The third-order valence-electron chi connectivity index (χ3n) is 4.23. The molecule has 0 radical (unpaired) electrons. The number of hydrogen-bond acceptors (Lipinski definition) is 3. The van der Waals surface area contributed by atoms with Crippen LogP contribution in [-0.4, -0.2) is 24.9 Å².